The van der Waals surface area contributed by atoms with Crippen LogP contribution in [0.2, 0.25) is 0 Å². The quantitative estimate of drug-likeness (QED) is 0.665. The van der Waals surface area contributed by atoms with Crippen LogP contribution in [0.15, 0.2) is 41.1 Å². The van der Waals surface area contributed by atoms with Crippen molar-refractivity contribution in [3.63, 3.8) is 0 Å². The molecule has 1 atom stereocenters. The van der Waals surface area contributed by atoms with Crippen LogP contribution in [0.5, 0.6) is 0 Å². The number of rotatable bonds is 5. The first-order valence-electron chi connectivity index (χ1n) is 7.14. The highest BCUT2D eigenvalue weighted by Crippen LogP contribution is 2.18. The average molecular weight is 335 g/mol. The van der Waals surface area contributed by atoms with Gasteiger partial charge in [-0.15, -0.1) is 12.4 Å². The summed E-state index contributed by atoms with van der Waals surface area (Å²) in [4.78, 5) is 15.3. The van der Waals surface area contributed by atoms with E-state index in [1.54, 1.807) is 6.07 Å². The van der Waals surface area contributed by atoms with Gasteiger partial charge in [0.2, 0.25) is 5.91 Å². The summed E-state index contributed by atoms with van der Waals surface area (Å²) in [6.45, 7) is 2.12. The minimum Gasteiger partial charge on any atom is -0.361 e. The molecule has 6 nitrogen and oxygen atoms in total. The van der Waals surface area contributed by atoms with Crippen LogP contribution in [-0.4, -0.2) is 22.1 Å². The van der Waals surface area contributed by atoms with E-state index in [1.807, 2.05) is 37.4 Å². The monoisotopic (exact) mass is 334 g/mol. The van der Waals surface area contributed by atoms with E-state index in [1.165, 1.54) is 0 Å². The van der Waals surface area contributed by atoms with Gasteiger partial charge < -0.3 is 20.6 Å². The number of aromatic nitrogens is 2. The molecular weight excluding hydrogens is 316 g/mol. The van der Waals surface area contributed by atoms with E-state index in [9.17, 15) is 4.79 Å². The molecule has 2 aromatic heterocycles. The number of hydrogen-bond acceptors (Lipinski definition) is 4. The predicted octanol–water partition coefficient (Wildman–Crippen LogP) is 2.07. The predicted molar refractivity (Wildman–Crippen MR) is 90.3 cm³/mol. The van der Waals surface area contributed by atoms with Gasteiger partial charge in [0.05, 0.1) is 18.3 Å². The number of halogens is 1. The minimum absolute atomic E-state index is 0. The number of H-pyrrole nitrogens is 1. The van der Waals surface area contributed by atoms with Gasteiger partial charge in [0, 0.05) is 23.2 Å². The zero-order valence-electron chi connectivity index (χ0n) is 12.7. The van der Waals surface area contributed by atoms with Gasteiger partial charge in [0.1, 0.15) is 0 Å². The molecule has 4 N–H and O–H groups in total. The Morgan fingerprint density at radius 3 is 2.96 bits per heavy atom. The first-order valence-corrected chi connectivity index (χ1v) is 7.14. The molecule has 1 amide bonds. The van der Waals surface area contributed by atoms with Gasteiger partial charge in [0.25, 0.3) is 0 Å². The minimum atomic E-state index is -0.608. The van der Waals surface area contributed by atoms with Crippen molar-refractivity contribution in [1.82, 2.24) is 15.5 Å². The number of nitrogens with two attached hydrogens (primary N) is 1. The summed E-state index contributed by atoms with van der Waals surface area (Å²) in [7, 11) is 0. The smallest absolute Gasteiger partial charge is 0.237 e. The average Bonchev–Trinajstić information content (AvgIpc) is 3.12. The maximum atomic E-state index is 12.1. The number of nitrogens with one attached hydrogen (secondary N) is 2. The second-order valence-corrected chi connectivity index (χ2v) is 5.32. The molecule has 0 saturated heterocycles. The summed E-state index contributed by atoms with van der Waals surface area (Å²) < 4.78 is 5.05. The van der Waals surface area contributed by atoms with Gasteiger partial charge >= 0.3 is 0 Å². The van der Waals surface area contributed by atoms with E-state index in [2.05, 4.69) is 15.5 Å². The standard InChI is InChI=1S/C16H18N4O2.ClH/c1-10-6-12(22-20-10)9-19-16(21)14(17)7-11-8-18-15-5-3-2-4-13(11)15;/h2-6,8,14,18H,7,9,17H2,1H3,(H,19,21);1H/t14-;/m0./s1. The SMILES string of the molecule is Cc1cc(CNC(=O)[C@@H](N)Cc2c[nH]c3ccccc23)on1.Cl. The van der Waals surface area contributed by atoms with Crippen molar-refractivity contribution in [2.24, 2.45) is 5.73 Å². The van der Waals surface area contributed by atoms with Crippen molar-refractivity contribution in [2.45, 2.75) is 25.9 Å². The van der Waals surface area contributed by atoms with Crippen molar-refractivity contribution < 1.29 is 9.32 Å². The molecule has 0 fully saturated rings. The van der Waals surface area contributed by atoms with Gasteiger partial charge in [-0.3, -0.25) is 4.79 Å². The molecule has 0 aliphatic carbocycles. The number of hydrogen-bond donors (Lipinski definition) is 3. The Hall–Kier alpha value is -2.31. The molecule has 2 heterocycles. The largest absolute Gasteiger partial charge is 0.361 e. The van der Waals surface area contributed by atoms with Gasteiger partial charge in [-0.2, -0.15) is 0 Å². The molecule has 3 aromatic rings. The zero-order valence-corrected chi connectivity index (χ0v) is 13.5. The molecule has 122 valence electrons. The first kappa shape index (κ1) is 17.1. The lowest BCUT2D eigenvalue weighted by molar-refractivity contribution is -0.122. The lowest BCUT2D eigenvalue weighted by Crippen LogP contribution is -2.41. The Balaban J connectivity index is 0.00000192. The highest BCUT2D eigenvalue weighted by Gasteiger charge is 2.16. The molecule has 0 spiro atoms. The molecule has 0 saturated carbocycles. The Morgan fingerprint density at radius 2 is 2.22 bits per heavy atom. The number of amides is 1. The molecule has 7 heteroatoms. The highest BCUT2D eigenvalue weighted by molar-refractivity contribution is 5.86. The van der Waals surface area contributed by atoms with Crippen LogP contribution < -0.4 is 11.1 Å². The zero-order chi connectivity index (χ0) is 15.5. The van der Waals surface area contributed by atoms with Gasteiger partial charge in [-0.1, -0.05) is 23.4 Å². The second-order valence-electron chi connectivity index (χ2n) is 5.32. The number of benzene rings is 1. The number of aryl methyl sites for hydroxylation is 1. The maximum Gasteiger partial charge on any atom is 0.237 e. The number of fused-ring (bicyclic) bond motifs is 1. The molecule has 3 rings (SSSR count). The molecule has 0 aliphatic heterocycles. The molecule has 0 bridgehead atoms. The van der Waals surface area contributed by atoms with E-state index in [4.69, 9.17) is 10.3 Å². The van der Waals surface area contributed by atoms with Crippen LogP contribution in [-0.2, 0) is 17.8 Å². The first-order chi connectivity index (χ1) is 10.6. The number of carbonyl (C=O) groups is 1. The van der Waals surface area contributed by atoms with Crippen LogP contribution in [0.4, 0.5) is 0 Å². The Bertz CT molecular complexity index is 796. The van der Waals surface area contributed by atoms with Crippen LogP contribution in [0.25, 0.3) is 10.9 Å². The van der Waals surface area contributed by atoms with E-state index < -0.39 is 6.04 Å². The second kappa shape index (κ2) is 7.30. The number of nitrogens with zero attached hydrogens (tertiary/aromatic N) is 1. The van der Waals surface area contributed by atoms with E-state index in [-0.39, 0.29) is 18.3 Å². The van der Waals surface area contributed by atoms with Crippen molar-refractivity contribution in [3.05, 3.63) is 53.5 Å². The molecule has 0 aliphatic rings. The van der Waals surface area contributed by atoms with Crippen LogP contribution >= 0.6 is 12.4 Å². The Morgan fingerprint density at radius 1 is 1.43 bits per heavy atom. The highest BCUT2D eigenvalue weighted by atomic mass is 35.5. The fraction of sp³-hybridized carbons (Fsp3) is 0.250. The summed E-state index contributed by atoms with van der Waals surface area (Å²) in [6, 6.07) is 9.13. The molecule has 0 unspecified atom stereocenters. The van der Waals surface area contributed by atoms with Crippen molar-refractivity contribution in [3.8, 4) is 0 Å². The topological polar surface area (TPSA) is 96.9 Å². The van der Waals surface area contributed by atoms with Crippen molar-refractivity contribution >= 4 is 29.2 Å². The summed E-state index contributed by atoms with van der Waals surface area (Å²) in [5.74, 6) is 0.407. The summed E-state index contributed by atoms with van der Waals surface area (Å²) in [5.41, 5.74) is 8.86. The molecule has 23 heavy (non-hydrogen) atoms. The summed E-state index contributed by atoms with van der Waals surface area (Å²) in [6.07, 6.45) is 2.38. The fourth-order valence-electron chi connectivity index (χ4n) is 2.44. The number of carbonyl (C=O) groups excluding carboxylic acids is 1. The third-order valence-electron chi connectivity index (χ3n) is 3.57. The van der Waals surface area contributed by atoms with Gasteiger partial charge in [-0.25, -0.2) is 0 Å². The normalized spacial score (nSPS) is 11.9. The van der Waals surface area contributed by atoms with Crippen LogP contribution in [0.3, 0.4) is 0 Å². The van der Waals surface area contributed by atoms with Gasteiger partial charge in [0.15, 0.2) is 5.76 Å². The summed E-state index contributed by atoms with van der Waals surface area (Å²) >= 11 is 0. The Labute approximate surface area is 139 Å². The lowest BCUT2D eigenvalue weighted by Gasteiger charge is -2.10. The number of para-hydroxylation sites is 1. The van der Waals surface area contributed by atoms with Gasteiger partial charge in [-0.05, 0) is 25.0 Å². The molecular formula is C16H19ClN4O2. The van der Waals surface area contributed by atoms with E-state index in [0.29, 0.717) is 18.7 Å². The van der Waals surface area contributed by atoms with E-state index >= 15 is 0 Å². The third-order valence-corrected chi connectivity index (χ3v) is 3.57. The van der Waals surface area contributed by atoms with E-state index in [0.717, 1.165) is 22.2 Å². The fourth-order valence-corrected chi connectivity index (χ4v) is 2.44. The summed E-state index contributed by atoms with van der Waals surface area (Å²) in [5, 5.41) is 7.63. The third kappa shape index (κ3) is 3.91. The molecule has 1 aromatic carbocycles. The van der Waals surface area contributed by atoms with Crippen LogP contribution in [0.1, 0.15) is 17.0 Å². The Kier molecular flexibility index (Phi) is 5.41. The van der Waals surface area contributed by atoms with Crippen molar-refractivity contribution in [1.29, 1.82) is 0 Å². The number of aromatic amines is 1. The van der Waals surface area contributed by atoms with Crippen molar-refractivity contribution in [2.75, 3.05) is 0 Å². The maximum absolute atomic E-state index is 12.1. The lowest BCUT2D eigenvalue weighted by atomic mass is 10.1. The molecule has 0 radical (unpaired) electrons. The van der Waals surface area contributed by atoms with Crippen LogP contribution in [0, 0.1) is 6.92 Å².